The van der Waals surface area contributed by atoms with E-state index in [0.29, 0.717) is 17.9 Å². The van der Waals surface area contributed by atoms with E-state index in [-0.39, 0.29) is 17.9 Å². The zero-order valence-corrected chi connectivity index (χ0v) is 18.7. The number of hydrogen-bond donors (Lipinski definition) is 0. The summed E-state index contributed by atoms with van der Waals surface area (Å²) in [7, 11) is 0. The van der Waals surface area contributed by atoms with Crippen LogP contribution in [-0.2, 0) is 9.59 Å². The standard InChI is InChI=1S/C26H38O4/c1-3-5-19-7-9-20(10-8-19)21-11-13-22(14-12-21)26(28)30-24-17-15-23(16-18-24)29-25(27)6-4-2/h15-22H,3-14H2,1-2H3. The molecule has 0 unspecified atom stereocenters. The Kier molecular flexibility index (Phi) is 8.77. The van der Waals surface area contributed by atoms with Crippen LogP contribution in [0.5, 0.6) is 11.5 Å². The van der Waals surface area contributed by atoms with Crippen LogP contribution in [0.15, 0.2) is 24.3 Å². The Morgan fingerprint density at radius 3 is 1.83 bits per heavy atom. The smallest absolute Gasteiger partial charge is 0.314 e. The molecule has 2 saturated carbocycles. The molecule has 0 aromatic heterocycles. The molecule has 0 aliphatic heterocycles. The van der Waals surface area contributed by atoms with Crippen molar-refractivity contribution < 1.29 is 19.1 Å². The van der Waals surface area contributed by atoms with E-state index >= 15 is 0 Å². The summed E-state index contributed by atoms with van der Waals surface area (Å²) in [6.07, 6.45) is 13.7. The fraction of sp³-hybridized carbons (Fsp3) is 0.692. The van der Waals surface area contributed by atoms with Gasteiger partial charge in [-0.1, -0.05) is 39.5 Å². The first-order valence-corrected chi connectivity index (χ1v) is 12.1. The van der Waals surface area contributed by atoms with E-state index in [9.17, 15) is 9.59 Å². The second-order valence-electron chi connectivity index (χ2n) is 9.30. The maximum absolute atomic E-state index is 12.6. The Hall–Kier alpha value is -1.84. The number of benzene rings is 1. The van der Waals surface area contributed by atoms with Crippen LogP contribution in [0.3, 0.4) is 0 Å². The molecule has 30 heavy (non-hydrogen) atoms. The summed E-state index contributed by atoms with van der Waals surface area (Å²) in [6.45, 7) is 4.23. The molecule has 4 heteroatoms. The molecule has 2 aliphatic rings. The van der Waals surface area contributed by atoms with Crippen molar-refractivity contribution in [3.63, 3.8) is 0 Å². The summed E-state index contributed by atoms with van der Waals surface area (Å²) in [5.74, 6) is 3.30. The molecular formula is C26H38O4. The van der Waals surface area contributed by atoms with Crippen molar-refractivity contribution >= 4 is 11.9 Å². The molecule has 1 aromatic rings. The molecule has 166 valence electrons. The molecule has 0 N–H and O–H groups in total. The van der Waals surface area contributed by atoms with E-state index < -0.39 is 0 Å². The molecule has 0 bridgehead atoms. The molecule has 2 aliphatic carbocycles. The van der Waals surface area contributed by atoms with Crippen LogP contribution in [0.25, 0.3) is 0 Å². The monoisotopic (exact) mass is 414 g/mol. The number of rotatable bonds is 8. The van der Waals surface area contributed by atoms with Crippen molar-refractivity contribution in [1.29, 1.82) is 0 Å². The molecule has 0 spiro atoms. The summed E-state index contributed by atoms with van der Waals surface area (Å²) in [6, 6.07) is 6.77. The molecular weight excluding hydrogens is 376 g/mol. The number of esters is 2. The van der Waals surface area contributed by atoms with E-state index in [1.807, 2.05) is 6.92 Å². The lowest BCUT2D eigenvalue weighted by atomic mass is 9.69. The van der Waals surface area contributed by atoms with E-state index in [1.54, 1.807) is 24.3 Å². The van der Waals surface area contributed by atoms with Crippen LogP contribution in [-0.4, -0.2) is 11.9 Å². The second-order valence-corrected chi connectivity index (χ2v) is 9.30. The van der Waals surface area contributed by atoms with Crippen molar-refractivity contribution in [2.75, 3.05) is 0 Å². The van der Waals surface area contributed by atoms with E-state index in [4.69, 9.17) is 9.47 Å². The Labute approximate surface area is 181 Å². The molecule has 2 fully saturated rings. The van der Waals surface area contributed by atoms with Crippen LogP contribution in [0.4, 0.5) is 0 Å². The van der Waals surface area contributed by atoms with Gasteiger partial charge < -0.3 is 9.47 Å². The van der Waals surface area contributed by atoms with Crippen LogP contribution < -0.4 is 9.47 Å². The van der Waals surface area contributed by atoms with Gasteiger partial charge in [0, 0.05) is 6.42 Å². The van der Waals surface area contributed by atoms with Crippen molar-refractivity contribution in [2.24, 2.45) is 23.7 Å². The Morgan fingerprint density at radius 1 is 0.767 bits per heavy atom. The fourth-order valence-corrected chi connectivity index (χ4v) is 5.34. The quantitative estimate of drug-likeness (QED) is 0.350. The fourth-order valence-electron chi connectivity index (χ4n) is 5.34. The molecule has 0 saturated heterocycles. The molecule has 0 amide bonds. The predicted octanol–water partition coefficient (Wildman–Crippen LogP) is 6.71. The predicted molar refractivity (Wildman–Crippen MR) is 118 cm³/mol. The minimum Gasteiger partial charge on any atom is -0.427 e. The van der Waals surface area contributed by atoms with Gasteiger partial charge in [0.2, 0.25) is 0 Å². The van der Waals surface area contributed by atoms with Crippen LogP contribution in [0.1, 0.15) is 90.9 Å². The largest absolute Gasteiger partial charge is 0.427 e. The summed E-state index contributed by atoms with van der Waals surface area (Å²) < 4.78 is 10.8. The van der Waals surface area contributed by atoms with Gasteiger partial charge in [0.1, 0.15) is 11.5 Å². The highest BCUT2D eigenvalue weighted by molar-refractivity contribution is 5.75. The van der Waals surface area contributed by atoms with Gasteiger partial charge in [-0.15, -0.1) is 0 Å². The SMILES string of the molecule is CCCC(=O)Oc1ccc(OC(=O)C2CCC(C3CCC(CCC)CC3)CC2)cc1. The molecule has 1 aromatic carbocycles. The van der Waals surface area contributed by atoms with Crippen molar-refractivity contribution in [3.8, 4) is 11.5 Å². The van der Waals surface area contributed by atoms with Crippen molar-refractivity contribution in [2.45, 2.75) is 90.9 Å². The lowest BCUT2D eigenvalue weighted by Gasteiger charge is -2.37. The zero-order valence-electron chi connectivity index (χ0n) is 18.7. The summed E-state index contributed by atoms with van der Waals surface area (Å²) >= 11 is 0. The Morgan fingerprint density at radius 2 is 1.30 bits per heavy atom. The summed E-state index contributed by atoms with van der Waals surface area (Å²) in [5.41, 5.74) is 0. The highest BCUT2D eigenvalue weighted by Crippen LogP contribution is 2.42. The lowest BCUT2D eigenvalue weighted by molar-refractivity contribution is -0.140. The Bertz CT molecular complexity index is 665. The molecule has 0 radical (unpaired) electrons. The van der Waals surface area contributed by atoms with E-state index in [2.05, 4.69) is 6.92 Å². The highest BCUT2D eigenvalue weighted by atomic mass is 16.5. The van der Waals surface area contributed by atoms with Crippen LogP contribution in [0.2, 0.25) is 0 Å². The number of ether oxygens (including phenoxy) is 2. The van der Waals surface area contributed by atoms with Gasteiger partial charge in [0.15, 0.2) is 0 Å². The summed E-state index contributed by atoms with van der Waals surface area (Å²) in [5, 5.41) is 0. The van der Waals surface area contributed by atoms with Gasteiger partial charge in [0.25, 0.3) is 0 Å². The van der Waals surface area contributed by atoms with Gasteiger partial charge in [-0.05, 0) is 87.0 Å². The first-order valence-electron chi connectivity index (χ1n) is 12.1. The minimum atomic E-state index is -0.238. The van der Waals surface area contributed by atoms with Gasteiger partial charge in [-0.2, -0.15) is 0 Å². The maximum atomic E-state index is 12.6. The third kappa shape index (κ3) is 6.58. The molecule has 0 atom stereocenters. The van der Waals surface area contributed by atoms with E-state index in [0.717, 1.165) is 49.9 Å². The molecule has 3 rings (SSSR count). The third-order valence-electron chi connectivity index (χ3n) is 7.09. The highest BCUT2D eigenvalue weighted by Gasteiger charge is 2.33. The normalized spacial score (nSPS) is 26.7. The molecule has 0 heterocycles. The van der Waals surface area contributed by atoms with Crippen molar-refractivity contribution in [3.05, 3.63) is 24.3 Å². The van der Waals surface area contributed by atoms with Gasteiger partial charge in [0.05, 0.1) is 5.92 Å². The van der Waals surface area contributed by atoms with E-state index in [1.165, 1.54) is 38.5 Å². The first kappa shape index (κ1) is 22.8. The number of carbonyl (C=O) groups is 2. The molecule has 4 nitrogen and oxygen atoms in total. The number of hydrogen-bond acceptors (Lipinski definition) is 4. The average molecular weight is 415 g/mol. The zero-order chi connectivity index (χ0) is 21.3. The van der Waals surface area contributed by atoms with Gasteiger partial charge in [-0.25, -0.2) is 0 Å². The van der Waals surface area contributed by atoms with Crippen LogP contribution >= 0.6 is 0 Å². The van der Waals surface area contributed by atoms with Crippen LogP contribution in [0, 0.1) is 23.7 Å². The van der Waals surface area contributed by atoms with Gasteiger partial charge >= 0.3 is 11.9 Å². The lowest BCUT2D eigenvalue weighted by Crippen LogP contribution is -2.30. The third-order valence-corrected chi connectivity index (χ3v) is 7.09. The Balaban J connectivity index is 1.40. The average Bonchev–Trinajstić information content (AvgIpc) is 2.76. The maximum Gasteiger partial charge on any atom is 0.314 e. The minimum absolute atomic E-state index is 0.0136. The number of carbonyl (C=O) groups excluding carboxylic acids is 2. The first-order chi connectivity index (χ1) is 14.6. The topological polar surface area (TPSA) is 52.6 Å². The van der Waals surface area contributed by atoms with Crippen molar-refractivity contribution in [1.82, 2.24) is 0 Å². The second kappa shape index (κ2) is 11.5. The van der Waals surface area contributed by atoms with Gasteiger partial charge in [-0.3, -0.25) is 9.59 Å². The summed E-state index contributed by atoms with van der Waals surface area (Å²) in [4.78, 5) is 24.2.